The number of anilines is 1. The Morgan fingerprint density at radius 3 is 2.33 bits per heavy atom. The Bertz CT molecular complexity index is 1720. The van der Waals surface area contributed by atoms with E-state index in [2.05, 4.69) is 5.32 Å². The normalized spacial score (nSPS) is 11.1. The van der Waals surface area contributed by atoms with Gasteiger partial charge in [-0.25, -0.2) is 18.0 Å². The highest BCUT2D eigenvalue weighted by molar-refractivity contribution is 5.95. The summed E-state index contributed by atoms with van der Waals surface area (Å²) in [6.45, 7) is 1.46. The molecule has 0 aliphatic carbocycles. The first-order chi connectivity index (χ1) is 18.7. The number of amides is 1. The number of carbonyl (C=O) groups is 1. The molecule has 39 heavy (non-hydrogen) atoms. The van der Waals surface area contributed by atoms with Crippen molar-refractivity contribution in [2.24, 2.45) is 7.05 Å². The zero-order valence-electron chi connectivity index (χ0n) is 21.2. The quantitative estimate of drug-likeness (QED) is 0.282. The maximum absolute atomic E-state index is 15.3. The lowest BCUT2D eigenvalue weighted by atomic mass is 10.00. The number of aryl methyl sites for hydroxylation is 2. The Morgan fingerprint density at radius 1 is 0.923 bits per heavy atom. The van der Waals surface area contributed by atoms with Gasteiger partial charge < -0.3 is 10.1 Å². The number of halogens is 3. The van der Waals surface area contributed by atoms with Gasteiger partial charge in [0.2, 0.25) is 5.91 Å². The Hall–Kier alpha value is -4.79. The number of fused-ring (bicyclic) bond motifs is 1. The summed E-state index contributed by atoms with van der Waals surface area (Å²) in [6.07, 6.45) is 0. The monoisotopic (exact) mass is 531 g/mol. The van der Waals surface area contributed by atoms with Crippen LogP contribution in [-0.2, 0) is 25.0 Å². The first kappa shape index (κ1) is 25.8. The molecule has 4 aromatic carbocycles. The molecule has 0 bridgehead atoms. The Labute approximate surface area is 221 Å². The second-order valence-corrected chi connectivity index (χ2v) is 9.15. The molecule has 1 N–H and O–H groups in total. The molecule has 198 valence electrons. The molecule has 9 heteroatoms. The van der Waals surface area contributed by atoms with Gasteiger partial charge in [-0.05, 0) is 72.1 Å². The maximum atomic E-state index is 15.3. The number of carbonyl (C=O) groups excluding carboxylic acids is 1. The van der Waals surface area contributed by atoms with E-state index in [1.54, 1.807) is 13.0 Å². The second-order valence-electron chi connectivity index (χ2n) is 9.15. The number of ether oxygens (including phenoxy) is 1. The van der Waals surface area contributed by atoms with Crippen LogP contribution in [0.15, 0.2) is 83.7 Å². The van der Waals surface area contributed by atoms with E-state index in [1.165, 1.54) is 58.6 Å². The Morgan fingerprint density at radius 2 is 1.64 bits per heavy atom. The number of aromatic nitrogens is 2. The predicted molar refractivity (Wildman–Crippen MR) is 143 cm³/mol. The molecule has 5 aromatic rings. The Balaban J connectivity index is 1.50. The lowest BCUT2D eigenvalue weighted by Crippen LogP contribution is -2.28. The third-order valence-electron chi connectivity index (χ3n) is 6.42. The summed E-state index contributed by atoms with van der Waals surface area (Å²) in [5, 5.41) is 2.61. The van der Waals surface area contributed by atoms with Crippen molar-refractivity contribution >= 4 is 22.6 Å². The minimum Gasteiger partial charge on any atom is -0.486 e. The van der Waals surface area contributed by atoms with E-state index in [0.717, 1.165) is 5.56 Å². The molecule has 0 radical (unpaired) electrons. The van der Waals surface area contributed by atoms with Gasteiger partial charge in [-0.2, -0.15) is 0 Å². The van der Waals surface area contributed by atoms with Crippen molar-refractivity contribution in [1.82, 2.24) is 9.13 Å². The van der Waals surface area contributed by atoms with Crippen molar-refractivity contribution in [3.05, 3.63) is 118 Å². The van der Waals surface area contributed by atoms with Crippen molar-refractivity contribution in [3.8, 4) is 16.9 Å². The first-order valence-corrected chi connectivity index (χ1v) is 12.1. The number of imidazole rings is 1. The third-order valence-corrected chi connectivity index (χ3v) is 6.42. The van der Waals surface area contributed by atoms with Crippen LogP contribution in [0.3, 0.4) is 0 Å². The SMILES string of the molecule is Cc1cc(-c2c(F)ccc3c2n(C)c(=O)n3CC(=O)Nc2ccc(F)cc2)cc(F)c1OCc1ccccc1. The summed E-state index contributed by atoms with van der Waals surface area (Å²) in [5.74, 6) is -2.23. The van der Waals surface area contributed by atoms with Crippen molar-refractivity contribution in [3.63, 3.8) is 0 Å². The highest BCUT2D eigenvalue weighted by atomic mass is 19.1. The van der Waals surface area contributed by atoms with Crippen LogP contribution in [0, 0.1) is 24.4 Å². The number of hydrogen-bond acceptors (Lipinski definition) is 3. The molecule has 1 aromatic heterocycles. The van der Waals surface area contributed by atoms with E-state index in [9.17, 15) is 14.0 Å². The van der Waals surface area contributed by atoms with Gasteiger partial charge in [0.1, 0.15) is 24.8 Å². The van der Waals surface area contributed by atoms with E-state index >= 15 is 8.78 Å². The molecular formula is C30H24F3N3O3. The molecule has 5 rings (SSSR count). The van der Waals surface area contributed by atoms with Crippen molar-refractivity contribution < 1.29 is 22.7 Å². The van der Waals surface area contributed by atoms with E-state index in [4.69, 9.17) is 4.74 Å². The summed E-state index contributed by atoms with van der Waals surface area (Å²) in [4.78, 5) is 25.8. The van der Waals surface area contributed by atoms with Gasteiger partial charge in [0, 0.05) is 18.3 Å². The highest BCUT2D eigenvalue weighted by Gasteiger charge is 2.22. The molecule has 0 saturated heterocycles. The molecule has 0 atom stereocenters. The minimum absolute atomic E-state index is 0.0291. The molecule has 0 aliphatic rings. The van der Waals surface area contributed by atoms with Crippen LogP contribution in [0.2, 0.25) is 0 Å². The van der Waals surface area contributed by atoms with Crippen molar-refractivity contribution in [1.29, 1.82) is 0 Å². The number of benzene rings is 4. The van der Waals surface area contributed by atoms with Crippen LogP contribution in [0.1, 0.15) is 11.1 Å². The topological polar surface area (TPSA) is 65.3 Å². The van der Waals surface area contributed by atoms with E-state index in [0.29, 0.717) is 16.8 Å². The highest BCUT2D eigenvalue weighted by Crippen LogP contribution is 2.35. The number of rotatable bonds is 7. The molecule has 6 nitrogen and oxygen atoms in total. The average Bonchev–Trinajstić information content (AvgIpc) is 3.14. The number of nitrogens with one attached hydrogen (secondary N) is 1. The van der Waals surface area contributed by atoms with Crippen LogP contribution in [-0.4, -0.2) is 15.0 Å². The fourth-order valence-electron chi connectivity index (χ4n) is 4.59. The standard InChI is InChI=1S/C30H24F3N3O3/c1-18-14-20(15-24(33)29(18)39-17-19-6-4-3-5-7-19)27-23(32)12-13-25-28(27)35(2)30(38)36(25)16-26(37)34-22-10-8-21(31)9-11-22/h3-15H,16-17H2,1-2H3,(H,34,37). The molecule has 0 saturated carbocycles. The largest absolute Gasteiger partial charge is 0.486 e. The minimum atomic E-state index is -0.666. The van der Waals surface area contributed by atoms with E-state index in [-0.39, 0.29) is 35.5 Å². The molecule has 0 aliphatic heterocycles. The lowest BCUT2D eigenvalue weighted by Gasteiger charge is -2.14. The lowest BCUT2D eigenvalue weighted by molar-refractivity contribution is -0.116. The van der Waals surface area contributed by atoms with Gasteiger partial charge in [0.05, 0.1) is 11.0 Å². The molecular weight excluding hydrogens is 507 g/mol. The second kappa shape index (κ2) is 10.5. The molecule has 1 heterocycles. The van der Waals surface area contributed by atoms with Crippen LogP contribution in [0.25, 0.3) is 22.2 Å². The van der Waals surface area contributed by atoms with Gasteiger partial charge >= 0.3 is 5.69 Å². The van der Waals surface area contributed by atoms with Gasteiger partial charge in [0.15, 0.2) is 11.6 Å². The van der Waals surface area contributed by atoms with Crippen molar-refractivity contribution in [2.45, 2.75) is 20.1 Å². The number of hydrogen-bond donors (Lipinski definition) is 1. The molecule has 0 spiro atoms. The smallest absolute Gasteiger partial charge is 0.329 e. The fourth-order valence-corrected chi connectivity index (χ4v) is 4.59. The fraction of sp³-hybridized carbons (Fsp3) is 0.133. The van der Waals surface area contributed by atoms with E-state index in [1.807, 2.05) is 30.3 Å². The maximum Gasteiger partial charge on any atom is 0.329 e. The van der Waals surface area contributed by atoms with Gasteiger partial charge in [-0.15, -0.1) is 0 Å². The molecule has 1 amide bonds. The Kier molecular flexibility index (Phi) is 6.98. The average molecular weight is 532 g/mol. The van der Waals surface area contributed by atoms with E-state index < -0.39 is 29.0 Å². The summed E-state index contributed by atoms with van der Waals surface area (Å²) >= 11 is 0. The van der Waals surface area contributed by atoms with Gasteiger partial charge in [-0.1, -0.05) is 30.3 Å². The number of nitrogens with zero attached hydrogens (tertiary/aromatic N) is 2. The predicted octanol–water partition coefficient (Wildman–Crippen LogP) is 5.95. The van der Waals surface area contributed by atoms with Crippen LogP contribution in [0.4, 0.5) is 18.9 Å². The van der Waals surface area contributed by atoms with Gasteiger partial charge in [0.25, 0.3) is 0 Å². The summed E-state index contributed by atoms with van der Waals surface area (Å²) in [5.41, 5.74) is 1.91. The molecule has 0 unspecified atom stereocenters. The third kappa shape index (κ3) is 5.16. The van der Waals surface area contributed by atoms with Gasteiger partial charge in [-0.3, -0.25) is 13.9 Å². The molecule has 0 fully saturated rings. The zero-order valence-corrected chi connectivity index (χ0v) is 21.2. The van der Waals surface area contributed by atoms with Crippen LogP contribution in [0.5, 0.6) is 5.75 Å². The first-order valence-electron chi connectivity index (χ1n) is 12.1. The van der Waals surface area contributed by atoms with Crippen molar-refractivity contribution in [2.75, 3.05) is 5.32 Å². The zero-order chi connectivity index (χ0) is 27.7. The van der Waals surface area contributed by atoms with Crippen LogP contribution >= 0.6 is 0 Å². The summed E-state index contributed by atoms with van der Waals surface area (Å²) < 4.78 is 51.8. The summed E-state index contributed by atoms with van der Waals surface area (Å²) in [6, 6.07) is 19.9. The summed E-state index contributed by atoms with van der Waals surface area (Å²) in [7, 11) is 1.46. The van der Waals surface area contributed by atoms with Crippen LogP contribution < -0.4 is 15.7 Å².